The average Bonchev–Trinajstić information content (AvgIpc) is 2.84. The summed E-state index contributed by atoms with van der Waals surface area (Å²) >= 11 is 1.34. The minimum atomic E-state index is -0.894. The van der Waals surface area contributed by atoms with Crippen LogP contribution in [0.1, 0.15) is 11.5 Å². The second-order valence-corrected chi connectivity index (χ2v) is 3.77. The summed E-state index contributed by atoms with van der Waals surface area (Å²) in [7, 11) is 0. The lowest BCUT2D eigenvalue weighted by Gasteiger charge is -1.96. The molecule has 0 aliphatic carbocycles. The molecule has 2 rings (SSSR count). The molecule has 2 aromatic heterocycles. The lowest BCUT2D eigenvalue weighted by Crippen LogP contribution is -2.02. The molecule has 16 heavy (non-hydrogen) atoms. The second-order valence-electron chi connectivity index (χ2n) is 2.92. The number of hydrogen-bond donors (Lipinski definition) is 2. The van der Waals surface area contributed by atoms with Gasteiger partial charge in [0.05, 0.1) is 18.7 Å². The van der Waals surface area contributed by atoms with Crippen LogP contribution in [0.2, 0.25) is 0 Å². The van der Waals surface area contributed by atoms with E-state index in [0.29, 0.717) is 23.2 Å². The fraction of sp³-hybridized carbons (Fsp3) is 0.250. The van der Waals surface area contributed by atoms with Crippen molar-refractivity contribution in [3.05, 3.63) is 23.3 Å². The molecule has 0 radical (unpaired) electrons. The van der Waals surface area contributed by atoms with Gasteiger partial charge in [0, 0.05) is 5.38 Å². The molecular weight excluding hydrogens is 232 g/mol. The fourth-order valence-corrected chi connectivity index (χ4v) is 1.76. The molecule has 2 aromatic rings. The van der Waals surface area contributed by atoms with Crippen molar-refractivity contribution < 1.29 is 14.4 Å². The van der Waals surface area contributed by atoms with Gasteiger partial charge in [-0.1, -0.05) is 5.16 Å². The molecule has 0 saturated heterocycles. The third kappa shape index (κ3) is 2.76. The van der Waals surface area contributed by atoms with Crippen LogP contribution in [-0.2, 0) is 17.8 Å². The van der Waals surface area contributed by atoms with Gasteiger partial charge < -0.3 is 14.9 Å². The van der Waals surface area contributed by atoms with Gasteiger partial charge in [0.25, 0.3) is 0 Å². The highest BCUT2D eigenvalue weighted by Gasteiger charge is 2.06. The van der Waals surface area contributed by atoms with Crippen molar-refractivity contribution in [2.75, 3.05) is 5.32 Å². The third-order valence-corrected chi connectivity index (χ3v) is 2.54. The number of carbonyl (C=O) groups is 1. The Bertz CT molecular complexity index is 467. The molecular formula is C8H8N4O3S. The number of aliphatic carboxylic acids is 1. The molecule has 0 aromatic carbocycles. The molecule has 0 aliphatic rings. The second kappa shape index (κ2) is 4.71. The zero-order valence-corrected chi connectivity index (χ0v) is 8.90. The SMILES string of the molecule is O=C(O)Cc1csc(NCc2ncon2)n1. The van der Waals surface area contributed by atoms with Crippen molar-refractivity contribution >= 4 is 22.4 Å². The minimum Gasteiger partial charge on any atom is -0.481 e. The van der Waals surface area contributed by atoms with E-state index in [1.165, 1.54) is 17.7 Å². The highest BCUT2D eigenvalue weighted by molar-refractivity contribution is 7.13. The van der Waals surface area contributed by atoms with E-state index in [9.17, 15) is 4.79 Å². The van der Waals surface area contributed by atoms with Crippen LogP contribution < -0.4 is 5.32 Å². The van der Waals surface area contributed by atoms with Gasteiger partial charge in [-0.25, -0.2) is 4.98 Å². The van der Waals surface area contributed by atoms with E-state index < -0.39 is 5.97 Å². The maximum absolute atomic E-state index is 10.4. The normalized spacial score (nSPS) is 10.2. The largest absolute Gasteiger partial charge is 0.481 e. The zero-order chi connectivity index (χ0) is 11.4. The molecule has 0 bridgehead atoms. The maximum atomic E-state index is 10.4. The van der Waals surface area contributed by atoms with Crippen LogP contribution in [0.15, 0.2) is 16.3 Å². The van der Waals surface area contributed by atoms with E-state index >= 15 is 0 Å². The molecule has 7 nitrogen and oxygen atoms in total. The number of carboxylic acids is 1. The van der Waals surface area contributed by atoms with Crippen LogP contribution in [0, 0.1) is 0 Å². The number of anilines is 1. The summed E-state index contributed by atoms with van der Waals surface area (Å²) in [5, 5.41) is 17.5. The Morgan fingerprint density at radius 1 is 1.62 bits per heavy atom. The van der Waals surface area contributed by atoms with Crippen molar-refractivity contribution in [3.8, 4) is 0 Å². The summed E-state index contributed by atoms with van der Waals surface area (Å²) in [5.74, 6) is -0.370. The Labute approximate surface area is 94.1 Å². The Morgan fingerprint density at radius 2 is 2.50 bits per heavy atom. The molecule has 84 valence electrons. The van der Waals surface area contributed by atoms with Crippen molar-refractivity contribution in [2.45, 2.75) is 13.0 Å². The Balaban J connectivity index is 1.90. The number of thiazole rings is 1. The average molecular weight is 240 g/mol. The topological polar surface area (TPSA) is 101 Å². The quantitative estimate of drug-likeness (QED) is 0.795. The van der Waals surface area contributed by atoms with Gasteiger partial charge in [-0.2, -0.15) is 4.98 Å². The van der Waals surface area contributed by atoms with Crippen molar-refractivity contribution in [1.82, 2.24) is 15.1 Å². The zero-order valence-electron chi connectivity index (χ0n) is 8.08. The number of nitrogens with zero attached hydrogens (tertiary/aromatic N) is 3. The van der Waals surface area contributed by atoms with Gasteiger partial charge in [0.15, 0.2) is 11.0 Å². The van der Waals surface area contributed by atoms with Crippen molar-refractivity contribution in [3.63, 3.8) is 0 Å². The molecule has 0 spiro atoms. The highest BCUT2D eigenvalue weighted by Crippen LogP contribution is 2.16. The van der Waals surface area contributed by atoms with Crippen molar-refractivity contribution in [1.29, 1.82) is 0 Å². The standard InChI is InChI=1S/C8H8N4O3S/c13-7(14)1-5-3-16-8(11-5)9-2-6-10-4-15-12-6/h3-4H,1-2H2,(H,9,11)(H,13,14). The molecule has 2 N–H and O–H groups in total. The molecule has 0 aliphatic heterocycles. The summed E-state index contributed by atoms with van der Waals surface area (Å²) in [6.07, 6.45) is 1.18. The third-order valence-electron chi connectivity index (χ3n) is 1.69. The van der Waals surface area contributed by atoms with Gasteiger partial charge >= 0.3 is 5.97 Å². The van der Waals surface area contributed by atoms with E-state index in [0.717, 1.165) is 0 Å². The summed E-state index contributed by atoms with van der Waals surface area (Å²) in [6, 6.07) is 0. The van der Waals surface area contributed by atoms with Crippen LogP contribution in [0.25, 0.3) is 0 Å². The summed E-state index contributed by atoms with van der Waals surface area (Å²) in [6.45, 7) is 0.399. The summed E-state index contributed by atoms with van der Waals surface area (Å²) < 4.78 is 4.56. The number of aromatic nitrogens is 3. The number of nitrogens with one attached hydrogen (secondary N) is 1. The molecule has 0 fully saturated rings. The Hall–Kier alpha value is -1.96. The lowest BCUT2D eigenvalue weighted by atomic mass is 10.3. The van der Waals surface area contributed by atoms with E-state index in [-0.39, 0.29) is 6.42 Å². The Morgan fingerprint density at radius 3 is 3.19 bits per heavy atom. The minimum absolute atomic E-state index is 0.0691. The smallest absolute Gasteiger partial charge is 0.309 e. The molecule has 0 amide bonds. The molecule has 2 heterocycles. The Kier molecular flexibility index (Phi) is 3.10. The predicted octanol–water partition coefficient (Wildman–Crippen LogP) is 0.765. The van der Waals surface area contributed by atoms with E-state index in [4.69, 9.17) is 5.11 Å². The molecule has 0 unspecified atom stereocenters. The van der Waals surface area contributed by atoms with E-state index in [2.05, 4.69) is 25.0 Å². The highest BCUT2D eigenvalue weighted by atomic mass is 32.1. The summed E-state index contributed by atoms with van der Waals surface area (Å²) in [5.41, 5.74) is 0.535. The van der Waals surface area contributed by atoms with Crippen LogP contribution >= 0.6 is 11.3 Å². The number of rotatable bonds is 5. The van der Waals surface area contributed by atoms with Gasteiger partial charge in [-0.15, -0.1) is 11.3 Å². The van der Waals surface area contributed by atoms with Crippen molar-refractivity contribution in [2.24, 2.45) is 0 Å². The first-order valence-electron chi connectivity index (χ1n) is 4.39. The van der Waals surface area contributed by atoms with Gasteiger partial charge in [0.2, 0.25) is 6.39 Å². The fourth-order valence-electron chi connectivity index (χ4n) is 1.05. The van der Waals surface area contributed by atoms with Gasteiger partial charge in [0.1, 0.15) is 0 Å². The van der Waals surface area contributed by atoms with E-state index in [1.54, 1.807) is 5.38 Å². The molecule has 0 atom stereocenters. The first-order chi connectivity index (χ1) is 7.74. The number of carboxylic acid groups (broad SMARTS) is 1. The van der Waals surface area contributed by atoms with Crippen LogP contribution in [0.3, 0.4) is 0 Å². The maximum Gasteiger partial charge on any atom is 0.309 e. The number of hydrogen-bond acceptors (Lipinski definition) is 7. The van der Waals surface area contributed by atoms with Gasteiger partial charge in [-0.3, -0.25) is 4.79 Å². The van der Waals surface area contributed by atoms with Crippen LogP contribution in [0.4, 0.5) is 5.13 Å². The monoisotopic (exact) mass is 240 g/mol. The lowest BCUT2D eigenvalue weighted by molar-refractivity contribution is -0.136. The first-order valence-corrected chi connectivity index (χ1v) is 5.27. The van der Waals surface area contributed by atoms with E-state index in [1.807, 2.05) is 0 Å². The van der Waals surface area contributed by atoms with Crippen LogP contribution in [-0.4, -0.2) is 26.2 Å². The van der Waals surface area contributed by atoms with Crippen LogP contribution in [0.5, 0.6) is 0 Å². The molecule has 0 saturated carbocycles. The molecule has 8 heteroatoms. The first kappa shape index (κ1) is 10.6. The predicted molar refractivity (Wildman–Crippen MR) is 55.1 cm³/mol. The van der Waals surface area contributed by atoms with Gasteiger partial charge in [-0.05, 0) is 0 Å². The summed E-state index contributed by atoms with van der Waals surface area (Å²) in [4.78, 5) is 18.4.